The summed E-state index contributed by atoms with van der Waals surface area (Å²) >= 11 is 0. The second kappa shape index (κ2) is 9.00. The summed E-state index contributed by atoms with van der Waals surface area (Å²) < 4.78 is 0. The summed E-state index contributed by atoms with van der Waals surface area (Å²) in [5.41, 5.74) is 0. The van der Waals surface area contributed by atoms with Gasteiger partial charge in [0.1, 0.15) is 0 Å². The first-order valence-corrected chi connectivity index (χ1v) is 7.04. The van der Waals surface area contributed by atoms with Crippen molar-refractivity contribution in [1.82, 2.24) is 0 Å². The van der Waals surface area contributed by atoms with E-state index in [1.807, 2.05) is 0 Å². The van der Waals surface area contributed by atoms with Crippen LogP contribution in [0.5, 0.6) is 0 Å². The summed E-state index contributed by atoms with van der Waals surface area (Å²) in [5.74, 6) is 0.907. The first kappa shape index (κ1) is 12.8. The Balaban J connectivity index is 2.19. The average Bonchev–Trinajstić information content (AvgIpc) is 2.24. The molecule has 0 radical (unpaired) electrons. The van der Waals surface area contributed by atoms with Crippen molar-refractivity contribution in [2.75, 3.05) is 0 Å². The molecule has 1 rings (SSSR count). The summed E-state index contributed by atoms with van der Waals surface area (Å²) in [6, 6.07) is 0. The molecule has 0 spiro atoms. The third kappa shape index (κ3) is 7.64. The largest absolute Gasteiger partial charge is 0.0885 e. The summed E-state index contributed by atoms with van der Waals surface area (Å²) in [6.45, 7) is 2.40. The monoisotopic (exact) mass is 208 g/mol. The first-order valence-electron chi connectivity index (χ1n) is 7.04. The lowest BCUT2D eigenvalue weighted by molar-refractivity contribution is 0.481. The molecule has 1 atom stereocenters. The predicted molar refractivity (Wildman–Crippen MR) is 69.1 cm³/mol. The Hall–Kier alpha value is -0.260. The first-order chi connectivity index (χ1) is 7.39. The molecule has 0 bridgehead atoms. The molecule has 0 heterocycles. The van der Waals surface area contributed by atoms with Crippen molar-refractivity contribution in [2.24, 2.45) is 5.92 Å². The maximum Gasteiger partial charge on any atom is -0.0325 e. The van der Waals surface area contributed by atoms with Crippen molar-refractivity contribution in [2.45, 2.75) is 77.6 Å². The van der Waals surface area contributed by atoms with Gasteiger partial charge in [0, 0.05) is 0 Å². The van der Waals surface area contributed by atoms with Crippen LogP contribution in [-0.2, 0) is 0 Å². The van der Waals surface area contributed by atoms with Crippen LogP contribution in [-0.4, -0.2) is 0 Å². The fraction of sp³-hybridized carbons (Fsp3) is 0.867. The molecule has 1 unspecified atom stereocenters. The molecule has 0 saturated carbocycles. The van der Waals surface area contributed by atoms with E-state index in [1.165, 1.54) is 70.6 Å². The van der Waals surface area contributed by atoms with E-state index in [2.05, 4.69) is 19.1 Å². The third-order valence-electron chi connectivity index (χ3n) is 3.52. The van der Waals surface area contributed by atoms with Gasteiger partial charge in [0.15, 0.2) is 0 Å². The van der Waals surface area contributed by atoms with Crippen LogP contribution >= 0.6 is 0 Å². The van der Waals surface area contributed by atoms with Crippen LogP contribution in [0, 0.1) is 5.92 Å². The number of allylic oxidation sites excluding steroid dienone is 2. The molecule has 0 saturated heterocycles. The van der Waals surface area contributed by atoms with Crippen LogP contribution in [0.1, 0.15) is 77.6 Å². The number of rotatable bonds is 0. The summed E-state index contributed by atoms with van der Waals surface area (Å²) in [4.78, 5) is 0. The van der Waals surface area contributed by atoms with Crippen LogP contribution in [0.2, 0.25) is 0 Å². The van der Waals surface area contributed by atoms with Crippen LogP contribution in [0.4, 0.5) is 0 Å². The lowest BCUT2D eigenvalue weighted by Crippen LogP contribution is -1.93. The molecule has 0 N–H and O–H groups in total. The van der Waals surface area contributed by atoms with E-state index in [9.17, 15) is 0 Å². The normalized spacial score (nSPS) is 27.1. The van der Waals surface area contributed by atoms with Gasteiger partial charge in [-0.05, 0) is 25.2 Å². The molecule has 1 aliphatic rings. The highest BCUT2D eigenvalue weighted by atomic mass is 14.1. The number of hydrogen-bond donors (Lipinski definition) is 0. The van der Waals surface area contributed by atoms with E-state index >= 15 is 0 Å². The van der Waals surface area contributed by atoms with Crippen LogP contribution in [0.25, 0.3) is 0 Å². The average molecular weight is 208 g/mol. The van der Waals surface area contributed by atoms with Gasteiger partial charge in [-0.15, -0.1) is 0 Å². The molecule has 88 valence electrons. The van der Waals surface area contributed by atoms with Gasteiger partial charge in [0.05, 0.1) is 0 Å². The van der Waals surface area contributed by atoms with Crippen LogP contribution in [0.3, 0.4) is 0 Å². The van der Waals surface area contributed by atoms with E-state index in [4.69, 9.17) is 0 Å². The van der Waals surface area contributed by atoms with Crippen molar-refractivity contribution in [3.05, 3.63) is 12.2 Å². The molecule has 15 heavy (non-hydrogen) atoms. The molecule has 0 nitrogen and oxygen atoms in total. The number of hydrogen-bond acceptors (Lipinski definition) is 0. The molecule has 0 aromatic rings. The Morgan fingerprint density at radius 1 is 0.733 bits per heavy atom. The maximum absolute atomic E-state index is 2.41. The summed E-state index contributed by atoms with van der Waals surface area (Å²) in [6.07, 6.45) is 20.5. The SMILES string of the molecule is CC1CC=CCCCCCCCCCC1. The van der Waals surface area contributed by atoms with Gasteiger partial charge in [-0.1, -0.05) is 70.4 Å². The standard InChI is InChI=1S/C15H28/c1-15-13-11-9-7-5-3-2-4-6-8-10-12-14-15/h9,11,15H,2-8,10,12-14H2,1H3. The predicted octanol–water partition coefficient (Wildman–Crippen LogP) is 5.48. The lowest BCUT2D eigenvalue weighted by atomic mass is 9.97. The Kier molecular flexibility index (Phi) is 7.69. The van der Waals surface area contributed by atoms with Crippen molar-refractivity contribution in [1.29, 1.82) is 0 Å². The van der Waals surface area contributed by atoms with E-state index < -0.39 is 0 Å². The van der Waals surface area contributed by atoms with E-state index in [1.54, 1.807) is 0 Å². The van der Waals surface area contributed by atoms with Gasteiger partial charge < -0.3 is 0 Å². The van der Waals surface area contributed by atoms with Gasteiger partial charge in [-0.25, -0.2) is 0 Å². The molecule has 0 aromatic carbocycles. The molecular formula is C15H28. The van der Waals surface area contributed by atoms with E-state index in [0.29, 0.717) is 0 Å². The Labute approximate surface area is 96.2 Å². The van der Waals surface area contributed by atoms with Gasteiger partial charge >= 0.3 is 0 Å². The van der Waals surface area contributed by atoms with Gasteiger partial charge in [-0.2, -0.15) is 0 Å². The molecule has 0 aromatic heterocycles. The highest BCUT2D eigenvalue weighted by Gasteiger charge is 2.00. The summed E-state index contributed by atoms with van der Waals surface area (Å²) in [5, 5.41) is 0. The molecule has 0 heteroatoms. The second-order valence-corrected chi connectivity index (χ2v) is 5.22. The van der Waals surface area contributed by atoms with Crippen LogP contribution < -0.4 is 0 Å². The Bertz CT molecular complexity index is 157. The zero-order valence-electron chi connectivity index (χ0n) is 10.5. The van der Waals surface area contributed by atoms with Crippen molar-refractivity contribution in [3.8, 4) is 0 Å². The Morgan fingerprint density at radius 3 is 2.07 bits per heavy atom. The summed E-state index contributed by atoms with van der Waals surface area (Å²) in [7, 11) is 0. The highest BCUT2D eigenvalue weighted by Crippen LogP contribution is 2.17. The highest BCUT2D eigenvalue weighted by molar-refractivity contribution is 4.83. The fourth-order valence-electron chi connectivity index (χ4n) is 2.38. The van der Waals surface area contributed by atoms with Gasteiger partial charge in [0.2, 0.25) is 0 Å². The molecule has 0 fully saturated rings. The fourth-order valence-corrected chi connectivity index (χ4v) is 2.38. The lowest BCUT2D eigenvalue weighted by Gasteiger charge is -2.09. The zero-order chi connectivity index (χ0) is 10.8. The van der Waals surface area contributed by atoms with E-state index in [-0.39, 0.29) is 0 Å². The van der Waals surface area contributed by atoms with Crippen molar-refractivity contribution < 1.29 is 0 Å². The molecular weight excluding hydrogens is 180 g/mol. The van der Waals surface area contributed by atoms with Crippen LogP contribution in [0.15, 0.2) is 12.2 Å². The third-order valence-corrected chi connectivity index (χ3v) is 3.52. The van der Waals surface area contributed by atoms with E-state index in [0.717, 1.165) is 5.92 Å². The minimum absolute atomic E-state index is 0.907. The topological polar surface area (TPSA) is 0 Å². The Morgan fingerprint density at radius 2 is 1.33 bits per heavy atom. The molecule has 1 aliphatic carbocycles. The second-order valence-electron chi connectivity index (χ2n) is 5.22. The minimum Gasteiger partial charge on any atom is -0.0885 e. The maximum atomic E-state index is 2.41. The quantitative estimate of drug-likeness (QED) is 0.462. The van der Waals surface area contributed by atoms with Gasteiger partial charge in [0.25, 0.3) is 0 Å². The zero-order valence-corrected chi connectivity index (χ0v) is 10.5. The van der Waals surface area contributed by atoms with Crippen molar-refractivity contribution >= 4 is 0 Å². The van der Waals surface area contributed by atoms with Crippen molar-refractivity contribution in [3.63, 3.8) is 0 Å². The minimum atomic E-state index is 0.907. The molecule has 0 aliphatic heterocycles. The van der Waals surface area contributed by atoms with Gasteiger partial charge in [-0.3, -0.25) is 0 Å². The smallest absolute Gasteiger partial charge is 0.0325 e. The molecule has 0 amide bonds.